The second-order valence-corrected chi connectivity index (χ2v) is 5.63. The minimum atomic E-state index is -0.381. The zero-order valence-electron chi connectivity index (χ0n) is 13.1. The molecule has 1 saturated heterocycles. The molecule has 6 heteroatoms. The highest BCUT2D eigenvalue weighted by Gasteiger charge is 2.16. The highest BCUT2D eigenvalue weighted by atomic mass is 19.1. The van der Waals surface area contributed by atoms with E-state index >= 15 is 0 Å². The van der Waals surface area contributed by atoms with Crippen LogP contribution in [-0.4, -0.2) is 80.6 Å². The van der Waals surface area contributed by atoms with Crippen molar-refractivity contribution in [3.8, 4) is 5.75 Å². The van der Waals surface area contributed by atoms with Gasteiger partial charge in [-0.05, 0) is 31.3 Å². The van der Waals surface area contributed by atoms with E-state index in [1.54, 1.807) is 12.1 Å². The second-order valence-electron chi connectivity index (χ2n) is 5.63. The summed E-state index contributed by atoms with van der Waals surface area (Å²) in [5.74, 6) is 0.388. The number of hydrogen-bond acceptors (Lipinski definition) is 5. The standard InChI is InChI=1S/C16H25FN2O3/c1-18(6-11-22-16-4-2-14(17)3-5-16)12-15(20)13-19-7-9-21-10-8-19/h2-5,15,20H,6-13H2,1H3. The quantitative estimate of drug-likeness (QED) is 0.770. The van der Waals surface area contributed by atoms with Crippen LogP contribution in [0.4, 0.5) is 4.39 Å². The predicted octanol–water partition coefficient (Wildman–Crippen LogP) is 0.829. The van der Waals surface area contributed by atoms with Crippen LogP contribution < -0.4 is 4.74 Å². The summed E-state index contributed by atoms with van der Waals surface area (Å²) < 4.78 is 23.6. The van der Waals surface area contributed by atoms with Crippen molar-refractivity contribution >= 4 is 0 Å². The van der Waals surface area contributed by atoms with Gasteiger partial charge >= 0.3 is 0 Å². The third kappa shape index (κ3) is 6.27. The molecule has 1 aliphatic heterocycles. The molecule has 22 heavy (non-hydrogen) atoms. The maximum atomic E-state index is 12.8. The van der Waals surface area contributed by atoms with E-state index < -0.39 is 0 Å². The number of nitrogens with zero attached hydrogens (tertiary/aromatic N) is 2. The summed E-state index contributed by atoms with van der Waals surface area (Å²) in [6, 6.07) is 5.99. The zero-order chi connectivity index (χ0) is 15.8. The first-order valence-corrected chi connectivity index (χ1v) is 7.68. The number of aliphatic hydroxyl groups is 1. The Morgan fingerprint density at radius 3 is 2.68 bits per heavy atom. The Morgan fingerprint density at radius 1 is 1.32 bits per heavy atom. The average Bonchev–Trinajstić information content (AvgIpc) is 2.50. The molecule has 5 nitrogen and oxygen atoms in total. The summed E-state index contributed by atoms with van der Waals surface area (Å²) in [7, 11) is 1.95. The molecule has 124 valence electrons. The van der Waals surface area contributed by atoms with E-state index in [9.17, 15) is 9.50 Å². The number of halogens is 1. The average molecular weight is 312 g/mol. The molecule has 1 atom stereocenters. The third-order valence-electron chi connectivity index (χ3n) is 3.65. The van der Waals surface area contributed by atoms with Crippen molar-refractivity contribution in [1.29, 1.82) is 0 Å². The van der Waals surface area contributed by atoms with E-state index in [2.05, 4.69) is 4.90 Å². The Balaban J connectivity index is 1.60. The number of rotatable bonds is 8. The molecule has 0 aromatic heterocycles. The van der Waals surface area contributed by atoms with Gasteiger partial charge in [0.2, 0.25) is 0 Å². The summed E-state index contributed by atoms with van der Waals surface area (Å²) in [5.41, 5.74) is 0. The van der Waals surface area contributed by atoms with Crippen molar-refractivity contribution in [2.24, 2.45) is 0 Å². The molecule has 1 unspecified atom stereocenters. The van der Waals surface area contributed by atoms with Gasteiger partial charge in [-0.2, -0.15) is 0 Å². The minimum Gasteiger partial charge on any atom is -0.492 e. The number of ether oxygens (including phenoxy) is 2. The van der Waals surface area contributed by atoms with Crippen LogP contribution in [0.5, 0.6) is 5.75 Å². The molecule has 1 fully saturated rings. The van der Waals surface area contributed by atoms with Crippen molar-refractivity contribution in [1.82, 2.24) is 9.80 Å². The maximum Gasteiger partial charge on any atom is 0.123 e. The van der Waals surface area contributed by atoms with Crippen LogP contribution in [0.2, 0.25) is 0 Å². The van der Waals surface area contributed by atoms with E-state index in [1.807, 2.05) is 11.9 Å². The van der Waals surface area contributed by atoms with Gasteiger partial charge in [-0.1, -0.05) is 0 Å². The van der Waals surface area contributed by atoms with Crippen LogP contribution in [0.1, 0.15) is 0 Å². The number of β-amino-alcohol motifs (C(OH)–C–C–N with tert-alkyl or cyclic N) is 1. The smallest absolute Gasteiger partial charge is 0.123 e. The Bertz CT molecular complexity index is 424. The number of benzene rings is 1. The van der Waals surface area contributed by atoms with Gasteiger partial charge in [-0.3, -0.25) is 4.90 Å². The van der Waals surface area contributed by atoms with Gasteiger partial charge in [0, 0.05) is 32.7 Å². The molecule has 1 aromatic rings. The van der Waals surface area contributed by atoms with Gasteiger partial charge in [0.15, 0.2) is 0 Å². The van der Waals surface area contributed by atoms with Crippen LogP contribution in [0, 0.1) is 5.82 Å². The summed E-state index contributed by atoms with van der Waals surface area (Å²) in [6.07, 6.45) is -0.381. The van der Waals surface area contributed by atoms with Gasteiger partial charge in [0.25, 0.3) is 0 Å². The fraction of sp³-hybridized carbons (Fsp3) is 0.625. The van der Waals surface area contributed by atoms with Gasteiger partial charge < -0.3 is 19.5 Å². The Labute approximate surface area is 131 Å². The third-order valence-corrected chi connectivity index (χ3v) is 3.65. The van der Waals surface area contributed by atoms with Crippen LogP contribution in [0.15, 0.2) is 24.3 Å². The SMILES string of the molecule is CN(CCOc1ccc(F)cc1)CC(O)CN1CCOCC1. The normalized spacial score (nSPS) is 17.6. The summed E-state index contributed by atoms with van der Waals surface area (Å²) in [5, 5.41) is 10.1. The first kappa shape index (κ1) is 17.1. The lowest BCUT2D eigenvalue weighted by atomic mass is 10.3. The van der Waals surface area contributed by atoms with E-state index in [0.29, 0.717) is 32.0 Å². The Morgan fingerprint density at radius 2 is 2.00 bits per heavy atom. The molecule has 1 N–H and O–H groups in total. The molecule has 1 heterocycles. The maximum absolute atomic E-state index is 12.8. The van der Waals surface area contributed by atoms with Gasteiger partial charge in [0.1, 0.15) is 18.2 Å². The number of likely N-dealkylation sites (N-methyl/N-ethyl adjacent to an activating group) is 1. The van der Waals surface area contributed by atoms with Crippen LogP contribution >= 0.6 is 0 Å². The number of hydrogen-bond donors (Lipinski definition) is 1. The van der Waals surface area contributed by atoms with Gasteiger partial charge in [-0.15, -0.1) is 0 Å². The molecular formula is C16H25FN2O3. The lowest BCUT2D eigenvalue weighted by Gasteiger charge is -2.30. The van der Waals surface area contributed by atoms with E-state index in [-0.39, 0.29) is 11.9 Å². The van der Waals surface area contributed by atoms with Gasteiger partial charge in [0.05, 0.1) is 19.3 Å². The molecular weight excluding hydrogens is 287 g/mol. The summed E-state index contributed by atoms with van der Waals surface area (Å²) >= 11 is 0. The van der Waals surface area contributed by atoms with Gasteiger partial charge in [-0.25, -0.2) is 4.39 Å². The molecule has 0 amide bonds. The first-order chi connectivity index (χ1) is 10.6. The topological polar surface area (TPSA) is 45.2 Å². The fourth-order valence-corrected chi connectivity index (χ4v) is 2.44. The van der Waals surface area contributed by atoms with E-state index in [4.69, 9.17) is 9.47 Å². The Hall–Kier alpha value is -1.21. The molecule has 2 rings (SSSR count). The highest BCUT2D eigenvalue weighted by Crippen LogP contribution is 2.10. The number of morpholine rings is 1. The zero-order valence-corrected chi connectivity index (χ0v) is 13.1. The predicted molar refractivity (Wildman–Crippen MR) is 82.7 cm³/mol. The van der Waals surface area contributed by atoms with E-state index in [0.717, 1.165) is 26.3 Å². The minimum absolute atomic E-state index is 0.268. The molecule has 1 aliphatic rings. The summed E-state index contributed by atoms with van der Waals surface area (Å²) in [6.45, 7) is 5.74. The first-order valence-electron chi connectivity index (χ1n) is 7.68. The lowest BCUT2D eigenvalue weighted by molar-refractivity contribution is 0.00812. The van der Waals surface area contributed by atoms with Crippen molar-refractivity contribution in [3.63, 3.8) is 0 Å². The van der Waals surface area contributed by atoms with Crippen molar-refractivity contribution < 1.29 is 19.0 Å². The van der Waals surface area contributed by atoms with Crippen molar-refractivity contribution in [2.75, 3.05) is 59.6 Å². The largest absolute Gasteiger partial charge is 0.492 e. The molecule has 1 aromatic carbocycles. The number of aliphatic hydroxyl groups excluding tert-OH is 1. The monoisotopic (exact) mass is 312 g/mol. The fourth-order valence-electron chi connectivity index (χ4n) is 2.44. The highest BCUT2D eigenvalue weighted by molar-refractivity contribution is 5.21. The molecule has 0 bridgehead atoms. The van der Waals surface area contributed by atoms with Crippen molar-refractivity contribution in [3.05, 3.63) is 30.1 Å². The Kier molecular flexibility index (Phi) is 7.05. The summed E-state index contributed by atoms with van der Waals surface area (Å²) in [4.78, 5) is 4.26. The molecule has 0 spiro atoms. The second kappa shape index (κ2) is 9.05. The van der Waals surface area contributed by atoms with E-state index in [1.165, 1.54) is 12.1 Å². The molecule has 0 aliphatic carbocycles. The van der Waals surface area contributed by atoms with Crippen LogP contribution in [0.3, 0.4) is 0 Å². The lowest BCUT2D eigenvalue weighted by Crippen LogP contribution is -2.44. The van der Waals surface area contributed by atoms with Crippen LogP contribution in [0.25, 0.3) is 0 Å². The molecule has 0 radical (unpaired) electrons. The van der Waals surface area contributed by atoms with Crippen LogP contribution in [-0.2, 0) is 4.74 Å². The van der Waals surface area contributed by atoms with Crippen molar-refractivity contribution in [2.45, 2.75) is 6.10 Å². The molecule has 0 saturated carbocycles.